The molecule has 1 atom stereocenters. The van der Waals surface area contributed by atoms with E-state index < -0.39 is 5.41 Å². The number of rotatable bonds is 8. The number of hydrogen-bond acceptors (Lipinski definition) is 4. The first kappa shape index (κ1) is 19.8. The van der Waals surface area contributed by atoms with Crippen LogP contribution >= 0.6 is 11.6 Å². The third-order valence-electron chi connectivity index (χ3n) is 5.14. The van der Waals surface area contributed by atoms with Crippen molar-refractivity contribution in [2.75, 3.05) is 26.8 Å². The molecule has 1 amide bonds. The monoisotopic (exact) mass is 387 g/mol. The predicted molar refractivity (Wildman–Crippen MR) is 107 cm³/mol. The number of pyridine rings is 1. The molecular weight excluding hydrogens is 362 g/mol. The standard InChI is InChI=1S/C21H26ClN3O2/c1-16(13-27-2)25-14-21(15-25,11-17-6-8-18(22)9-7-17)20(26)24-12-19-5-3-4-10-23-19/h3-10,16H,11-15H2,1-2H3,(H,24,26). The lowest BCUT2D eigenvalue weighted by Gasteiger charge is -2.51. The van der Waals surface area contributed by atoms with Crippen molar-refractivity contribution in [3.63, 3.8) is 0 Å². The quantitative estimate of drug-likeness (QED) is 0.756. The zero-order chi connectivity index (χ0) is 19.3. The van der Waals surface area contributed by atoms with Gasteiger partial charge < -0.3 is 10.1 Å². The Balaban J connectivity index is 1.69. The van der Waals surface area contributed by atoms with Gasteiger partial charge in [-0.3, -0.25) is 14.7 Å². The molecule has 27 heavy (non-hydrogen) atoms. The summed E-state index contributed by atoms with van der Waals surface area (Å²) in [5, 5.41) is 3.78. The molecule has 1 aromatic heterocycles. The van der Waals surface area contributed by atoms with Crippen molar-refractivity contribution in [3.05, 3.63) is 64.9 Å². The highest BCUT2D eigenvalue weighted by Crippen LogP contribution is 2.36. The average molecular weight is 388 g/mol. The first-order chi connectivity index (χ1) is 13.0. The lowest BCUT2D eigenvalue weighted by molar-refractivity contribution is -0.145. The minimum absolute atomic E-state index is 0.0731. The maximum Gasteiger partial charge on any atom is 0.229 e. The third-order valence-corrected chi connectivity index (χ3v) is 5.39. The van der Waals surface area contributed by atoms with Gasteiger partial charge in [0.1, 0.15) is 0 Å². The molecule has 2 aromatic rings. The molecule has 1 saturated heterocycles. The molecule has 1 aromatic carbocycles. The highest BCUT2D eigenvalue weighted by Gasteiger charge is 2.50. The molecule has 6 heteroatoms. The molecule has 0 aliphatic carbocycles. The highest BCUT2D eigenvalue weighted by molar-refractivity contribution is 6.30. The van der Waals surface area contributed by atoms with Crippen LogP contribution in [0.3, 0.4) is 0 Å². The Bertz CT molecular complexity index is 746. The summed E-state index contributed by atoms with van der Waals surface area (Å²) in [5.41, 5.74) is 1.53. The van der Waals surface area contributed by atoms with Crippen LogP contribution in [0.5, 0.6) is 0 Å². The van der Waals surface area contributed by atoms with Gasteiger partial charge >= 0.3 is 0 Å². The molecule has 2 heterocycles. The van der Waals surface area contributed by atoms with Crippen LogP contribution in [0.15, 0.2) is 48.7 Å². The molecule has 0 radical (unpaired) electrons. The van der Waals surface area contributed by atoms with Crippen LogP contribution < -0.4 is 5.32 Å². The van der Waals surface area contributed by atoms with Gasteiger partial charge in [-0.05, 0) is 43.2 Å². The first-order valence-electron chi connectivity index (χ1n) is 9.18. The molecule has 144 valence electrons. The fourth-order valence-electron chi connectivity index (χ4n) is 3.58. The summed E-state index contributed by atoms with van der Waals surface area (Å²) < 4.78 is 5.26. The van der Waals surface area contributed by atoms with Gasteiger partial charge in [0.05, 0.1) is 24.3 Å². The van der Waals surface area contributed by atoms with Crippen LogP contribution in [-0.2, 0) is 22.5 Å². The van der Waals surface area contributed by atoms with E-state index in [1.54, 1.807) is 13.3 Å². The summed E-state index contributed by atoms with van der Waals surface area (Å²) in [7, 11) is 1.71. The summed E-state index contributed by atoms with van der Waals surface area (Å²) in [6, 6.07) is 13.7. The number of hydrogen-bond donors (Lipinski definition) is 1. The van der Waals surface area contributed by atoms with Gasteiger partial charge in [-0.25, -0.2) is 0 Å². The minimum Gasteiger partial charge on any atom is -0.383 e. The minimum atomic E-state index is -0.440. The van der Waals surface area contributed by atoms with E-state index in [2.05, 4.69) is 22.1 Å². The molecule has 1 aliphatic heterocycles. The van der Waals surface area contributed by atoms with Crippen LogP contribution in [0, 0.1) is 5.41 Å². The third kappa shape index (κ3) is 4.86. The van der Waals surface area contributed by atoms with Gasteiger partial charge in [0.2, 0.25) is 5.91 Å². The van der Waals surface area contributed by atoms with Crippen molar-refractivity contribution < 1.29 is 9.53 Å². The fraction of sp³-hybridized carbons (Fsp3) is 0.429. The molecule has 0 bridgehead atoms. The van der Waals surface area contributed by atoms with Gasteiger partial charge in [-0.15, -0.1) is 0 Å². The summed E-state index contributed by atoms with van der Waals surface area (Å²) in [4.78, 5) is 19.7. The number of halogens is 1. The normalized spacial score (nSPS) is 17.1. The SMILES string of the molecule is COCC(C)N1CC(Cc2ccc(Cl)cc2)(C(=O)NCc2ccccn2)C1. The van der Waals surface area contributed by atoms with E-state index >= 15 is 0 Å². The Morgan fingerprint density at radius 3 is 2.67 bits per heavy atom. The number of carbonyl (C=O) groups is 1. The van der Waals surface area contributed by atoms with Gasteiger partial charge in [0, 0.05) is 37.5 Å². The summed E-state index contributed by atoms with van der Waals surface area (Å²) >= 11 is 6.00. The Kier molecular flexibility index (Phi) is 6.47. The first-order valence-corrected chi connectivity index (χ1v) is 9.56. The average Bonchev–Trinajstić information content (AvgIpc) is 2.65. The molecule has 0 spiro atoms. The van der Waals surface area contributed by atoms with E-state index in [1.165, 1.54) is 0 Å². The van der Waals surface area contributed by atoms with Gasteiger partial charge in [0.25, 0.3) is 0 Å². The van der Waals surface area contributed by atoms with Crippen LogP contribution in [0.2, 0.25) is 5.02 Å². The maximum absolute atomic E-state index is 13.1. The van der Waals surface area contributed by atoms with Gasteiger partial charge in [-0.1, -0.05) is 29.8 Å². The van der Waals surface area contributed by atoms with Gasteiger partial charge in [0.15, 0.2) is 0 Å². The molecular formula is C21H26ClN3O2. The van der Waals surface area contributed by atoms with Crippen LogP contribution in [0.1, 0.15) is 18.2 Å². The van der Waals surface area contributed by atoms with E-state index in [0.717, 1.165) is 11.3 Å². The fourth-order valence-corrected chi connectivity index (χ4v) is 3.71. The Labute approximate surface area is 165 Å². The van der Waals surface area contributed by atoms with Crippen LogP contribution in [0.4, 0.5) is 0 Å². The maximum atomic E-state index is 13.1. The lowest BCUT2D eigenvalue weighted by Crippen LogP contribution is -2.66. The molecule has 0 saturated carbocycles. The van der Waals surface area contributed by atoms with Crippen molar-refractivity contribution in [1.29, 1.82) is 0 Å². The summed E-state index contributed by atoms with van der Waals surface area (Å²) in [5.74, 6) is 0.0731. The molecule has 1 aliphatic rings. The van der Waals surface area contributed by atoms with Crippen LogP contribution in [0.25, 0.3) is 0 Å². The number of nitrogens with one attached hydrogen (secondary N) is 1. The number of nitrogens with zero attached hydrogens (tertiary/aromatic N) is 2. The van der Waals surface area contributed by atoms with Crippen LogP contribution in [-0.4, -0.2) is 48.6 Å². The van der Waals surface area contributed by atoms with Crippen molar-refractivity contribution in [2.45, 2.75) is 25.9 Å². The molecule has 1 fully saturated rings. The van der Waals surface area contributed by atoms with Gasteiger partial charge in [-0.2, -0.15) is 0 Å². The van der Waals surface area contributed by atoms with Crippen molar-refractivity contribution >= 4 is 17.5 Å². The second kappa shape index (κ2) is 8.83. The number of amides is 1. The Hall–Kier alpha value is -1.95. The molecule has 1 N–H and O–H groups in total. The van der Waals surface area contributed by atoms with E-state index in [1.807, 2.05) is 42.5 Å². The van der Waals surface area contributed by atoms with E-state index in [0.29, 0.717) is 37.7 Å². The number of benzene rings is 1. The second-order valence-electron chi connectivity index (χ2n) is 7.30. The topological polar surface area (TPSA) is 54.5 Å². The largest absolute Gasteiger partial charge is 0.383 e. The zero-order valence-electron chi connectivity index (χ0n) is 15.8. The summed E-state index contributed by atoms with van der Waals surface area (Å²) in [6.45, 7) is 4.66. The number of methoxy groups -OCH3 is 1. The number of ether oxygens (including phenoxy) is 1. The van der Waals surface area contributed by atoms with E-state index in [9.17, 15) is 4.79 Å². The van der Waals surface area contributed by atoms with E-state index in [4.69, 9.17) is 16.3 Å². The number of carbonyl (C=O) groups excluding carboxylic acids is 1. The smallest absolute Gasteiger partial charge is 0.229 e. The van der Waals surface area contributed by atoms with Crippen molar-refractivity contribution in [3.8, 4) is 0 Å². The van der Waals surface area contributed by atoms with Crippen molar-refractivity contribution in [1.82, 2.24) is 15.2 Å². The predicted octanol–water partition coefficient (Wildman–Crippen LogP) is 2.93. The lowest BCUT2D eigenvalue weighted by atomic mass is 9.73. The Morgan fingerprint density at radius 1 is 1.30 bits per heavy atom. The highest BCUT2D eigenvalue weighted by atomic mass is 35.5. The Morgan fingerprint density at radius 2 is 2.04 bits per heavy atom. The number of aromatic nitrogens is 1. The molecule has 5 nitrogen and oxygen atoms in total. The summed E-state index contributed by atoms with van der Waals surface area (Å²) in [6.07, 6.45) is 2.43. The van der Waals surface area contributed by atoms with E-state index in [-0.39, 0.29) is 11.9 Å². The van der Waals surface area contributed by atoms with Crippen molar-refractivity contribution in [2.24, 2.45) is 5.41 Å². The molecule has 1 unspecified atom stereocenters. The number of likely N-dealkylation sites (tertiary alicyclic amines) is 1. The zero-order valence-corrected chi connectivity index (χ0v) is 16.6. The molecule has 3 rings (SSSR count). The second-order valence-corrected chi connectivity index (χ2v) is 7.73.